The highest BCUT2D eigenvalue weighted by Crippen LogP contribution is 2.19. The van der Waals surface area contributed by atoms with Gasteiger partial charge in [-0.15, -0.1) is 0 Å². The van der Waals surface area contributed by atoms with Crippen molar-refractivity contribution in [3.8, 4) is 0 Å². The molecule has 0 saturated carbocycles. The molecule has 0 heterocycles. The lowest BCUT2D eigenvalue weighted by atomic mass is 10.1. The molecule has 1 aromatic carbocycles. The van der Waals surface area contributed by atoms with Crippen LogP contribution in [0.1, 0.15) is 30.3 Å². The molecule has 0 bridgehead atoms. The van der Waals surface area contributed by atoms with E-state index >= 15 is 0 Å². The fraction of sp³-hybridized carbons (Fsp3) is 0.500. The third-order valence-corrected chi connectivity index (χ3v) is 5.55. The molecule has 7 nitrogen and oxygen atoms in total. The number of benzene rings is 1. The first-order valence-corrected chi connectivity index (χ1v) is 9.56. The van der Waals surface area contributed by atoms with Crippen molar-refractivity contribution in [1.82, 2.24) is 10.5 Å². The van der Waals surface area contributed by atoms with E-state index in [-0.39, 0.29) is 23.8 Å². The van der Waals surface area contributed by atoms with Gasteiger partial charge >= 0.3 is 0 Å². The van der Waals surface area contributed by atoms with Crippen LogP contribution < -0.4 is 15.6 Å². The SMILES string of the molecule is CC(C)CS(=O)(=O)NC(c1ccc(C[NH])cc1)S(N)(=O)=O. The molecule has 1 atom stereocenters. The van der Waals surface area contributed by atoms with Gasteiger partial charge in [0.15, 0.2) is 5.37 Å². The van der Waals surface area contributed by atoms with Gasteiger partial charge in [-0.3, -0.25) is 5.73 Å². The van der Waals surface area contributed by atoms with E-state index in [2.05, 4.69) is 4.72 Å². The second-order valence-electron chi connectivity index (χ2n) is 5.18. The average Bonchev–Trinajstić information content (AvgIpc) is 2.33. The van der Waals surface area contributed by atoms with Crippen molar-refractivity contribution in [2.24, 2.45) is 11.1 Å². The highest BCUT2D eigenvalue weighted by Gasteiger charge is 2.29. The predicted octanol–water partition coefficient (Wildman–Crippen LogP) is 0.332. The summed E-state index contributed by atoms with van der Waals surface area (Å²) in [7, 11) is -7.92. The average molecular weight is 334 g/mol. The molecule has 1 radical (unpaired) electrons. The highest BCUT2D eigenvalue weighted by molar-refractivity contribution is 7.92. The summed E-state index contributed by atoms with van der Waals surface area (Å²) in [6, 6.07) is 6.04. The van der Waals surface area contributed by atoms with Gasteiger partial charge in [0.25, 0.3) is 0 Å². The monoisotopic (exact) mass is 334 g/mol. The largest absolute Gasteiger partial charge is 0.253 e. The Morgan fingerprint density at radius 3 is 2.05 bits per heavy atom. The van der Waals surface area contributed by atoms with Crippen molar-refractivity contribution in [2.75, 3.05) is 5.75 Å². The lowest BCUT2D eigenvalue weighted by molar-refractivity contribution is 0.550. The molecule has 0 spiro atoms. The lowest BCUT2D eigenvalue weighted by Gasteiger charge is -2.18. The van der Waals surface area contributed by atoms with E-state index in [1.165, 1.54) is 12.1 Å². The van der Waals surface area contributed by atoms with Crippen LogP contribution in [0.2, 0.25) is 0 Å². The predicted molar refractivity (Wildman–Crippen MR) is 80.9 cm³/mol. The zero-order valence-electron chi connectivity index (χ0n) is 11.9. The van der Waals surface area contributed by atoms with E-state index in [4.69, 9.17) is 10.9 Å². The van der Waals surface area contributed by atoms with Crippen LogP contribution in [0.4, 0.5) is 0 Å². The number of sulfonamides is 2. The molecule has 119 valence electrons. The van der Waals surface area contributed by atoms with E-state index in [0.29, 0.717) is 5.56 Å². The summed E-state index contributed by atoms with van der Waals surface area (Å²) in [6.45, 7) is 3.49. The minimum Gasteiger partial charge on any atom is -0.253 e. The zero-order chi connectivity index (χ0) is 16.3. The molecule has 1 rings (SSSR count). The molecule has 4 N–H and O–H groups in total. The molecule has 0 amide bonds. The third-order valence-electron chi connectivity index (χ3n) is 2.65. The number of nitrogens with two attached hydrogens (primary N) is 1. The summed E-state index contributed by atoms with van der Waals surface area (Å²) < 4.78 is 49.3. The molecular formula is C12H20N3O4S2. The van der Waals surface area contributed by atoms with Gasteiger partial charge in [-0.05, 0) is 17.0 Å². The first-order valence-electron chi connectivity index (χ1n) is 6.30. The maximum atomic E-state index is 11.9. The standard InChI is InChI=1S/C12H20N3O4S2/c1-9(2)8-20(16,17)15-12(21(14,18)19)11-5-3-10(7-13)4-6-11/h3-6,9,12-13,15H,7-8H2,1-2H3,(H2,14,18,19). The first kappa shape index (κ1) is 18.1. The van der Waals surface area contributed by atoms with E-state index in [9.17, 15) is 16.8 Å². The van der Waals surface area contributed by atoms with Crippen LogP contribution >= 0.6 is 0 Å². The van der Waals surface area contributed by atoms with Gasteiger partial charge in [-0.25, -0.2) is 22.0 Å². The van der Waals surface area contributed by atoms with Gasteiger partial charge in [0.05, 0.1) is 5.75 Å². The zero-order valence-corrected chi connectivity index (χ0v) is 13.5. The first-order chi connectivity index (χ1) is 9.55. The van der Waals surface area contributed by atoms with Crippen LogP contribution in [0.5, 0.6) is 0 Å². The van der Waals surface area contributed by atoms with Crippen LogP contribution in [-0.4, -0.2) is 22.6 Å². The molecule has 0 aliphatic heterocycles. The normalized spacial score (nSPS) is 14.3. The summed E-state index contributed by atoms with van der Waals surface area (Å²) in [5, 5.41) is 3.60. The molecule has 0 aliphatic carbocycles. The number of nitrogens with one attached hydrogen (secondary N) is 2. The summed E-state index contributed by atoms with van der Waals surface area (Å²) >= 11 is 0. The van der Waals surface area contributed by atoms with Crippen LogP contribution in [0, 0.1) is 5.92 Å². The summed E-state index contributed by atoms with van der Waals surface area (Å²) in [5.74, 6) is -0.335. The quantitative estimate of drug-likeness (QED) is 0.744. The van der Waals surface area contributed by atoms with Gasteiger partial charge in [-0.1, -0.05) is 38.1 Å². The smallest absolute Gasteiger partial charge is 0.230 e. The minimum atomic E-state index is -4.14. The Balaban J connectivity index is 3.13. The molecule has 0 saturated heterocycles. The molecule has 1 aromatic rings. The second kappa shape index (κ2) is 6.84. The van der Waals surface area contributed by atoms with Gasteiger partial charge in [-0.2, -0.15) is 4.72 Å². The number of rotatable bonds is 7. The van der Waals surface area contributed by atoms with Crippen molar-refractivity contribution in [2.45, 2.75) is 25.8 Å². The van der Waals surface area contributed by atoms with Crippen molar-refractivity contribution >= 4 is 20.0 Å². The Hall–Kier alpha value is -1.00. The minimum absolute atomic E-state index is 0.0550. The number of hydrogen-bond acceptors (Lipinski definition) is 4. The Labute approximate surface area is 125 Å². The fourth-order valence-electron chi connectivity index (χ4n) is 1.79. The number of primary sulfonamides is 1. The highest BCUT2D eigenvalue weighted by atomic mass is 32.2. The topological polar surface area (TPSA) is 130 Å². The summed E-state index contributed by atoms with van der Waals surface area (Å²) in [5.41, 5.74) is 8.13. The molecule has 21 heavy (non-hydrogen) atoms. The van der Waals surface area contributed by atoms with Gasteiger partial charge in [0, 0.05) is 6.54 Å². The van der Waals surface area contributed by atoms with Gasteiger partial charge < -0.3 is 0 Å². The van der Waals surface area contributed by atoms with Crippen LogP contribution in [0.15, 0.2) is 24.3 Å². The van der Waals surface area contributed by atoms with Gasteiger partial charge in [0.2, 0.25) is 20.0 Å². The van der Waals surface area contributed by atoms with E-state index < -0.39 is 25.4 Å². The maximum absolute atomic E-state index is 11.9. The molecule has 0 fully saturated rings. The molecule has 0 aromatic heterocycles. The maximum Gasteiger partial charge on any atom is 0.230 e. The fourth-order valence-corrected chi connectivity index (χ4v) is 4.73. The van der Waals surface area contributed by atoms with E-state index in [0.717, 1.165) is 0 Å². The van der Waals surface area contributed by atoms with Crippen molar-refractivity contribution in [3.63, 3.8) is 0 Å². The molecular weight excluding hydrogens is 314 g/mol. The Morgan fingerprint density at radius 2 is 1.67 bits per heavy atom. The van der Waals surface area contributed by atoms with Crippen LogP contribution in [0.25, 0.3) is 0 Å². The lowest BCUT2D eigenvalue weighted by Crippen LogP contribution is -2.39. The number of hydrogen-bond donors (Lipinski definition) is 2. The molecule has 9 heteroatoms. The molecule has 0 aliphatic rings. The Morgan fingerprint density at radius 1 is 1.14 bits per heavy atom. The van der Waals surface area contributed by atoms with Crippen LogP contribution in [0.3, 0.4) is 0 Å². The van der Waals surface area contributed by atoms with E-state index in [1.807, 2.05) is 0 Å². The summed E-state index contributed by atoms with van der Waals surface area (Å²) in [4.78, 5) is 0. The van der Waals surface area contributed by atoms with Crippen molar-refractivity contribution in [1.29, 1.82) is 0 Å². The second-order valence-corrected chi connectivity index (χ2v) is 8.63. The van der Waals surface area contributed by atoms with Crippen molar-refractivity contribution in [3.05, 3.63) is 35.4 Å². The van der Waals surface area contributed by atoms with E-state index in [1.54, 1.807) is 26.0 Å². The summed E-state index contributed by atoms with van der Waals surface area (Å²) in [6.07, 6.45) is 0. The molecule has 1 unspecified atom stereocenters. The Kier molecular flexibility index (Phi) is 5.88. The van der Waals surface area contributed by atoms with Crippen LogP contribution in [-0.2, 0) is 26.6 Å². The third kappa shape index (κ3) is 5.71. The Bertz CT molecular complexity index is 667. The van der Waals surface area contributed by atoms with Crippen molar-refractivity contribution < 1.29 is 16.8 Å². The van der Waals surface area contributed by atoms with Gasteiger partial charge in [0.1, 0.15) is 0 Å².